The lowest BCUT2D eigenvalue weighted by molar-refractivity contribution is 0.296. The summed E-state index contributed by atoms with van der Waals surface area (Å²) in [6.07, 6.45) is 3.48. The molecule has 0 aliphatic carbocycles. The van der Waals surface area contributed by atoms with E-state index in [2.05, 4.69) is 53.9 Å². The monoisotopic (exact) mass is 330 g/mol. The second-order valence-electron chi connectivity index (χ2n) is 6.39. The first-order valence-electron chi connectivity index (χ1n) is 9.02. The minimum atomic E-state index is -0.296. The van der Waals surface area contributed by atoms with Crippen molar-refractivity contribution in [2.75, 3.05) is 31.5 Å². The standard InChI is InChI=1S/C19H30N4O/c1-5-23(6-2)11-9-7-8-10-20-18-16-12-14(3)15(4)13-17(16)21-19(24)22-18/h12-13H,5-11H2,1-4H3,(H2,20,21,22,24). The molecule has 0 fully saturated rings. The van der Waals surface area contributed by atoms with E-state index < -0.39 is 0 Å². The molecule has 2 N–H and O–H groups in total. The van der Waals surface area contributed by atoms with E-state index in [1.54, 1.807) is 0 Å². The van der Waals surface area contributed by atoms with Crippen LogP contribution in [-0.4, -0.2) is 41.0 Å². The van der Waals surface area contributed by atoms with Gasteiger partial charge in [-0.3, -0.25) is 0 Å². The van der Waals surface area contributed by atoms with Gasteiger partial charge in [0.1, 0.15) is 5.82 Å². The van der Waals surface area contributed by atoms with Crippen molar-refractivity contribution in [2.24, 2.45) is 0 Å². The van der Waals surface area contributed by atoms with Crippen molar-refractivity contribution in [1.29, 1.82) is 0 Å². The number of nitrogens with one attached hydrogen (secondary N) is 2. The van der Waals surface area contributed by atoms with E-state index in [1.807, 2.05) is 6.07 Å². The number of aromatic nitrogens is 2. The van der Waals surface area contributed by atoms with E-state index in [1.165, 1.54) is 24.0 Å². The van der Waals surface area contributed by atoms with Crippen LogP contribution in [0.2, 0.25) is 0 Å². The van der Waals surface area contributed by atoms with Gasteiger partial charge in [-0.05, 0) is 69.6 Å². The smallest absolute Gasteiger partial charge is 0.347 e. The van der Waals surface area contributed by atoms with Crippen LogP contribution in [0.5, 0.6) is 0 Å². The van der Waals surface area contributed by atoms with Gasteiger partial charge in [-0.2, -0.15) is 4.98 Å². The third-order valence-corrected chi connectivity index (χ3v) is 4.68. The minimum Gasteiger partial charge on any atom is -0.369 e. The minimum absolute atomic E-state index is 0.296. The average molecular weight is 330 g/mol. The van der Waals surface area contributed by atoms with Crippen molar-refractivity contribution in [3.8, 4) is 0 Å². The number of rotatable bonds is 9. The van der Waals surface area contributed by atoms with Crippen LogP contribution in [0.3, 0.4) is 0 Å². The number of fused-ring (bicyclic) bond motifs is 1. The van der Waals surface area contributed by atoms with Crippen LogP contribution in [0, 0.1) is 13.8 Å². The Balaban J connectivity index is 1.93. The van der Waals surface area contributed by atoms with Crippen LogP contribution in [0.15, 0.2) is 16.9 Å². The average Bonchev–Trinajstić information content (AvgIpc) is 2.56. The highest BCUT2D eigenvalue weighted by molar-refractivity contribution is 5.89. The highest BCUT2D eigenvalue weighted by atomic mass is 16.1. The molecule has 1 aromatic carbocycles. The van der Waals surface area contributed by atoms with Crippen LogP contribution < -0.4 is 11.0 Å². The highest BCUT2D eigenvalue weighted by Crippen LogP contribution is 2.22. The third-order valence-electron chi connectivity index (χ3n) is 4.68. The summed E-state index contributed by atoms with van der Waals surface area (Å²) in [6.45, 7) is 12.8. The fourth-order valence-corrected chi connectivity index (χ4v) is 2.94. The first-order chi connectivity index (χ1) is 11.5. The molecule has 0 radical (unpaired) electrons. The zero-order valence-electron chi connectivity index (χ0n) is 15.4. The normalized spacial score (nSPS) is 11.4. The Labute approximate surface area is 144 Å². The van der Waals surface area contributed by atoms with Gasteiger partial charge < -0.3 is 15.2 Å². The zero-order valence-corrected chi connectivity index (χ0v) is 15.4. The van der Waals surface area contributed by atoms with Gasteiger partial charge in [0.05, 0.1) is 5.52 Å². The number of H-pyrrole nitrogens is 1. The molecular weight excluding hydrogens is 300 g/mol. The van der Waals surface area contributed by atoms with Crippen LogP contribution in [0.25, 0.3) is 10.9 Å². The van der Waals surface area contributed by atoms with E-state index in [4.69, 9.17) is 0 Å². The Hall–Kier alpha value is -1.88. The Bertz CT molecular complexity index is 719. The second kappa shape index (κ2) is 8.83. The fourth-order valence-electron chi connectivity index (χ4n) is 2.94. The van der Waals surface area contributed by atoms with Crippen molar-refractivity contribution in [1.82, 2.24) is 14.9 Å². The molecule has 1 heterocycles. The summed E-state index contributed by atoms with van der Waals surface area (Å²) in [5.74, 6) is 0.695. The lowest BCUT2D eigenvalue weighted by atomic mass is 10.1. The molecule has 0 aliphatic rings. The predicted molar refractivity (Wildman–Crippen MR) is 102 cm³/mol. The van der Waals surface area contributed by atoms with E-state index in [0.717, 1.165) is 43.5 Å². The molecular formula is C19H30N4O. The van der Waals surface area contributed by atoms with Crippen LogP contribution in [0.4, 0.5) is 5.82 Å². The summed E-state index contributed by atoms with van der Waals surface area (Å²) < 4.78 is 0. The number of aryl methyl sites for hydroxylation is 2. The number of benzene rings is 1. The molecule has 0 atom stereocenters. The molecule has 0 unspecified atom stereocenters. The molecule has 0 spiro atoms. The SMILES string of the molecule is CCN(CC)CCCCCNc1nc(=O)[nH]c2cc(C)c(C)cc12. The summed E-state index contributed by atoms with van der Waals surface area (Å²) >= 11 is 0. The predicted octanol–water partition coefficient (Wildman–Crippen LogP) is 3.46. The number of hydrogen-bond acceptors (Lipinski definition) is 4. The summed E-state index contributed by atoms with van der Waals surface area (Å²) in [4.78, 5) is 21.1. The number of hydrogen-bond donors (Lipinski definition) is 2. The van der Waals surface area contributed by atoms with Crippen LogP contribution in [0.1, 0.15) is 44.2 Å². The topological polar surface area (TPSA) is 61.0 Å². The summed E-state index contributed by atoms with van der Waals surface area (Å²) in [5, 5.41) is 4.33. The summed E-state index contributed by atoms with van der Waals surface area (Å²) in [5.41, 5.74) is 2.93. The summed E-state index contributed by atoms with van der Waals surface area (Å²) in [6, 6.07) is 4.11. The molecule has 0 amide bonds. The summed E-state index contributed by atoms with van der Waals surface area (Å²) in [7, 11) is 0. The maximum absolute atomic E-state index is 11.8. The van der Waals surface area contributed by atoms with E-state index in [-0.39, 0.29) is 5.69 Å². The van der Waals surface area contributed by atoms with Crippen molar-refractivity contribution in [2.45, 2.75) is 47.0 Å². The Kier molecular flexibility index (Phi) is 6.79. The largest absolute Gasteiger partial charge is 0.369 e. The van der Waals surface area contributed by atoms with E-state index >= 15 is 0 Å². The molecule has 0 aliphatic heterocycles. The first kappa shape index (κ1) is 18.5. The van der Waals surface area contributed by atoms with Crippen molar-refractivity contribution >= 4 is 16.7 Å². The maximum atomic E-state index is 11.8. The van der Waals surface area contributed by atoms with Gasteiger partial charge in [0.25, 0.3) is 0 Å². The van der Waals surface area contributed by atoms with Gasteiger partial charge >= 0.3 is 5.69 Å². The molecule has 5 nitrogen and oxygen atoms in total. The number of anilines is 1. The van der Waals surface area contributed by atoms with Crippen LogP contribution >= 0.6 is 0 Å². The first-order valence-corrected chi connectivity index (χ1v) is 9.02. The van der Waals surface area contributed by atoms with E-state index in [9.17, 15) is 4.79 Å². The van der Waals surface area contributed by atoms with Gasteiger partial charge in [-0.25, -0.2) is 4.79 Å². The van der Waals surface area contributed by atoms with E-state index in [0.29, 0.717) is 5.82 Å². The molecule has 2 aromatic rings. The molecule has 0 bridgehead atoms. The third kappa shape index (κ3) is 4.81. The van der Waals surface area contributed by atoms with Gasteiger partial charge in [0.2, 0.25) is 0 Å². The molecule has 24 heavy (non-hydrogen) atoms. The van der Waals surface area contributed by atoms with Gasteiger partial charge in [-0.15, -0.1) is 0 Å². The van der Waals surface area contributed by atoms with Crippen molar-refractivity contribution in [3.05, 3.63) is 33.7 Å². The van der Waals surface area contributed by atoms with Crippen molar-refractivity contribution in [3.63, 3.8) is 0 Å². The van der Waals surface area contributed by atoms with Crippen LogP contribution in [-0.2, 0) is 0 Å². The molecule has 0 saturated heterocycles. The number of aromatic amines is 1. The number of nitrogens with zero attached hydrogens (tertiary/aromatic N) is 2. The Morgan fingerprint density at radius 1 is 1.08 bits per heavy atom. The molecule has 2 rings (SSSR count). The maximum Gasteiger partial charge on any atom is 0.347 e. The van der Waals surface area contributed by atoms with Gasteiger partial charge in [0.15, 0.2) is 0 Å². The molecule has 0 saturated carbocycles. The van der Waals surface area contributed by atoms with Gasteiger partial charge in [-0.1, -0.05) is 20.3 Å². The zero-order chi connectivity index (χ0) is 17.5. The second-order valence-corrected chi connectivity index (χ2v) is 6.39. The van der Waals surface area contributed by atoms with Crippen molar-refractivity contribution < 1.29 is 0 Å². The fraction of sp³-hybridized carbons (Fsp3) is 0.579. The molecule has 132 valence electrons. The lowest BCUT2D eigenvalue weighted by Gasteiger charge is -2.17. The Morgan fingerprint density at radius 2 is 1.79 bits per heavy atom. The lowest BCUT2D eigenvalue weighted by Crippen LogP contribution is -2.24. The van der Waals surface area contributed by atoms with Gasteiger partial charge in [0, 0.05) is 11.9 Å². The molecule has 1 aromatic heterocycles. The number of unbranched alkanes of at least 4 members (excludes halogenated alkanes) is 2. The highest BCUT2D eigenvalue weighted by Gasteiger charge is 2.07. The quantitative estimate of drug-likeness (QED) is 0.691. The Morgan fingerprint density at radius 3 is 2.50 bits per heavy atom. The molecule has 5 heteroatoms.